The molecule has 0 aliphatic rings. The number of esters is 1. The number of anilines is 1. The van der Waals surface area contributed by atoms with Gasteiger partial charge in [0.25, 0.3) is 5.91 Å². The van der Waals surface area contributed by atoms with Crippen molar-refractivity contribution in [2.75, 3.05) is 11.9 Å². The van der Waals surface area contributed by atoms with E-state index >= 15 is 0 Å². The summed E-state index contributed by atoms with van der Waals surface area (Å²) < 4.78 is 5.51. The van der Waals surface area contributed by atoms with Crippen LogP contribution in [-0.4, -0.2) is 18.5 Å². The molecule has 0 atom stereocenters. The first-order valence-corrected chi connectivity index (χ1v) is 9.23. The number of amides is 1. The summed E-state index contributed by atoms with van der Waals surface area (Å²) in [6.07, 6.45) is 0. The van der Waals surface area contributed by atoms with E-state index in [0.717, 1.165) is 34.4 Å². The molecular formula is C14H11ClN2O3S3. The van der Waals surface area contributed by atoms with Gasteiger partial charge in [-0.1, -0.05) is 11.6 Å². The third-order valence-electron chi connectivity index (χ3n) is 2.72. The summed E-state index contributed by atoms with van der Waals surface area (Å²) >= 11 is 8.98. The molecule has 2 aromatic heterocycles. The zero-order chi connectivity index (χ0) is 17.0. The maximum Gasteiger partial charge on any atom is 0.348 e. The van der Waals surface area contributed by atoms with Crippen LogP contribution < -0.4 is 5.32 Å². The average Bonchev–Trinajstić information content (AvgIpc) is 3.06. The molecule has 0 bridgehead atoms. The predicted octanol–water partition coefficient (Wildman–Crippen LogP) is 4.77. The molecule has 2 aromatic rings. The number of nitrogens with one attached hydrogen (secondary N) is 1. The second-order valence-corrected chi connectivity index (χ2v) is 7.72. The molecule has 0 unspecified atom stereocenters. The molecule has 0 aromatic carbocycles. The summed E-state index contributed by atoms with van der Waals surface area (Å²) in [7, 11) is 0. The van der Waals surface area contributed by atoms with E-state index in [1.165, 1.54) is 0 Å². The second-order valence-electron chi connectivity index (χ2n) is 4.19. The number of carbonyl (C=O) groups excluding carboxylic acids is 2. The molecule has 0 aliphatic heterocycles. The summed E-state index contributed by atoms with van der Waals surface area (Å²) in [4.78, 5) is 25.6. The lowest BCUT2D eigenvalue weighted by Crippen LogP contribution is -2.09. The zero-order valence-corrected chi connectivity index (χ0v) is 15.3. The minimum absolute atomic E-state index is 0.256. The van der Waals surface area contributed by atoms with Crippen molar-refractivity contribution < 1.29 is 14.3 Å². The molecule has 2 rings (SSSR count). The average molecular weight is 387 g/mol. The van der Waals surface area contributed by atoms with Gasteiger partial charge in [0.1, 0.15) is 15.3 Å². The molecule has 0 radical (unpaired) electrons. The highest BCUT2D eigenvalue weighted by molar-refractivity contribution is 8.04. The van der Waals surface area contributed by atoms with E-state index in [0.29, 0.717) is 29.6 Å². The number of nitriles is 1. The van der Waals surface area contributed by atoms with Gasteiger partial charge in [-0.15, -0.1) is 22.7 Å². The summed E-state index contributed by atoms with van der Waals surface area (Å²) in [5.41, 5.74) is 0.625. The van der Waals surface area contributed by atoms with Crippen molar-refractivity contribution in [2.24, 2.45) is 0 Å². The predicted molar refractivity (Wildman–Crippen MR) is 93.8 cm³/mol. The second kappa shape index (κ2) is 7.84. The maximum atomic E-state index is 12.2. The van der Waals surface area contributed by atoms with Crippen LogP contribution in [0.3, 0.4) is 0 Å². The number of nitrogens with zero attached hydrogens (tertiary/aromatic N) is 1. The highest BCUT2D eigenvalue weighted by Crippen LogP contribution is 2.40. The molecular weight excluding hydrogens is 376 g/mol. The van der Waals surface area contributed by atoms with Crippen LogP contribution in [-0.2, 0) is 4.74 Å². The van der Waals surface area contributed by atoms with E-state index in [1.807, 2.05) is 5.40 Å². The minimum atomic E-state index is -0.463. The number of thiophene rings is 2. The van der Waals surface area contributed by atoms with E-state index < -0.39 is 5.97 Å². The molecule has 120 valence electrons. The SMILES string of the molecule is CCOC(=O)c1sc(NC(=O)c2ccc(Cl)s2)c(SC#N)c1C. The van der Waals surface area contributed by atoms with E-state index in [-0.39, 0.29) is 12.5 Å². The molecule has 0 fully saturated rings. The number of hydrogen-bond acceptors (Lipinski definition) is 7. The van der Waals surface area contributed by atoms with Crippen LogP contribution >= 0.6 is 46.0 Å². The topological polar surface area (TPSA) is 79.2 Å². The van der Waals surface area contributed by atoms with Crippen LogP contribution in [0.25, 0.3) is 0 Å². The normalized spacial score (nSPS) is 10.2. The summed E-state index contributed by atoms with van der Waals surface area (Å²) in [6, 6.07) is 3.25. The maximum absolute atomic E-state index is 12.2. The Morgan fingerprint density at radius 2 is 2.17 bits per heavy atom. The quantitative estimate of drug-likeness (QED) is 0.454. The van der Waals surface area contributed by atoms with Gasteiger partial charge in [0.05, 0.1) is 20.7 Å². The van der Waals surface area contributed by atoms with Gasteiger partial charge in [-0.05, 0) is 43.3 Å². The van der Waals surface area contributed by atoms with Crippen LogP contribution in [0, 0.1) is 17.6 Å². The monoisotopic (exact) mass is 386 g/mol. The summed E-state index contributed by atoms with van der Waals surface area (Å²) in [5, 5.41) is 14.1. The van der Waals surface area contributed by atoms with Crippen molar-refractivity contribution in [1.82, 2.24) is 0 Å². The third kappa shape index (κ3) is 4.06. The Morgan fingerprint density at radius 3 is 2.74 bits per heavy atom. The lowest BCUT2D eigenvalue weighted by Gasteiger charge is -2.02. The van der Waals surface area contributed by atoms with Crippen LogP contribution in [0.5, 0.6) is 0 Å². The van der Waals surface area contributed by atoms with Gasteiger partial charge in [0, 0.05) is 0 Å². The molecule has 1 amide bonds. The highest BCUT2D eigenvalue weighted by Gasteiger charge is 2.23. The van der Waals surface area contributed by atoms with Crippen molar-refractivity contribution in [3.8, 4) is 5.40 Å². The van der Waals surface area contributed by atoms with Crippen molar-refractivity contribution >= 4 is 62.9 Å². The molecule has 9 heteroatoms. The molecule has 2 heterocycles. The van der Waals surface area contributed by atoms with Crippen LogP contribution in [0.4, 0.5) is 5.00 Å². The first kappa shape index (κ1) is 17.8. The summed E-state index contributed by atoms with van der Waals surface area (Å²) in [6.45, 7) is 3.70. The Balaban J connectivity index is 2.33. The standard InChI is InChI=1S/C14H11ClN2O3S3/c1-3-20-14(19)11-7(2)10(21-6-16)13(23-11)17-12(18)8-4-5-9(15)22-8/h4-5H,3H2,1-2H3,(H,17,18). The fourth-order valence-electron chi connectivity index (χ4n) is 1.74. The number of halogens is 1. The van der Waals surface area contributed by atoms with E-state index in [2.05, 4.69) is 5.32 Å². The van der Waals surface area contributed by atoms with E-state index in [9.17, 15) is 9.59 Å². The van der Waals surface area contributed by atoms with Gasteiger partial charge in [-0.3, -0.25) is 4.79 Å². The Morgan fingerprint density at radius 1 is 1.43 bits per heavy atom. The molecule has 5 nitrogen and oxygen atoms in total. The first-order chi connectivity index (χ1) is 11.0. The zero-order valence-electron chi connectivity index (χ0n) is 12.1. The van der Waals surface area contributed by atoms with Crippen LogP contribution in [0.15, 0.2) is 17.0 Å². The Kier molecular flexibility index (Phi) is 6.07. The van der Waals surface area contributed by atoms with Gasteiger partial charge < -0.3 is 10.1 Å². The fourth-order valence-corrected chi connectivity index (χ4v) is 4.48. The van der Waals surface area contributed by atoms with Crippen molar-refractivity contribution in [3.63, 3.8) is 0 Å². The van der Waals surface area contributed by atoms with Crippen LogP contribution in [0.1, 0.15) is 31.8 Å². The number of thioether (sulfide) groups is 1. The number of rotatable bonds is 5. The minimum Gasteiger partial charge on any atom is -0.462 e. The largest absolute Gasteiger partial charge is 0.462 e. The lowest BCUT2D eigenvalue weighted by molar-refractivity contribution is 0.0531. The number of hydrogen-bond donors (Lipinski definition) is 1. The van der Waals surface area contributed by atoms with E-state index in [4.69, 9.17) is 21.6 Å². The van der Waals surface area contributed by atoms with E-state index in [1.54, 1.807) is 26.0 Å². The highest BCUT2D eigenvalue weighted by atomic mass is 35.5. The smallest absolute Gasteiger partial charge is 0.348 e. The van der Waals surface area contributed by atoms with Gasteiger partial charge in [0.15, 0.2) is 0 Å². The lowest BCUT2D eigenvalue weighted by atomic mass is 10.3. The molecule has 0 aliphatic carbocycles. The number of thiocyanates is 1. The Hall–Kier alpha value is -1.53. The molecule has 0 spiro atoms. The Labute approximate surface area is 150 Å². The first-order valence-electron chi connectivity index (χ1n) is 6.41. The van der Waals surface area contributed by atoms with Crippen LogP contribution in [0.2, 0.25) is 4.34 Å². The van der Waals surface area contributed by atoms with Crippen molar-refractivity contribution in [2.45, 2.75) is 18.7 Å². The fraction of sp³-hybridized carbons (Fsp3) is 0.214. The molecule has 1 N–H and O–H groups in total. The number of carbonyl (C=O) groups is 2. The van der Waals surface area contributed by atoms with Gasteiger partial charge >= 0.3 is 5.97 Å². The Bertz CT molecular complexity index is 792. The summed E-state index contributed by atoms with van der Waals surface area (Å²) in [5.74, 6) is -0.798. The van der Waals surface area contributed by atoms with Gasteiger partial charge in [-0.2, -0.15) is 5.26 Å². The van der Waals surface area contributed by atoms with Crippen molar-refractivity contribution in [3.05, 3.63) is 31.8 Å². The molecule has 0 saturated carbocycles. The van der Waals surface area contributed by atoms with Gasteiger partial charge in [-0.25, -0.2) is 4.79 Å². The van der Waals surface area contributed by atoms with Crippen molar-refractivity contribution in [1.29, 1.82) is 5.26 Å². The number of ether oxygens (including phenoxy) is 1. The molecule has 0 saturated heterocycles. The third-order valence-corrected chi connectivity index (χ3v) is 6.08. The van der Waals surface area contributed by atoms with Gasteiger partial charge in [0.2, 0.25) is 0 Å². The molecule has 23 heavy (non-hydrogen) atoms.